The number of aliphatic hydroxyl groups excluding tert-OH is 1. The minimum atomic E-state index is -0.696. The highest BCUT2D eigenvalue weighted by atomic mass is 16.7. The van der Waals surface area contributed by atoms with E-state index in [9.17, 15) is 4.79 Å². The van der Waals surface area contributed by atoms with Crippen molar-refractivity contribution in [3.05, 3.63) is 11.8 Å². The summed E-state index contributed by atoms with van der Waals surface area (Å²) >= 11 is 0. The summed E-state index contributed by atoms with van der Waals surface area (Å²) in [6.45, 7) is 3.20. The van der Waals surface area contributed by atoms with Crippen molar-refractivity contribution in [3.8, 4) is 0 Å². The highest BCUT2D eigenvalue weighted by Gasteiger charge is 2.21. The van der Waals surface area contributed by atoms with Gasteiger partial charge in [-0.15, -0.1) is 0 Å². The van der Waals surface area contributed by atoms with Gasteiger partial charge in [0.15, 0.2) is 0 Å². The molecule has 0 aromatic heterocycles. The van der Waals surface area contributed by atoms with E-state index in [2.05, 4.69) is 15.3 Å². The van der Waals surface area contributed by atoms with Crippen molar-refractivity contribution in [1.29, 1.82) is 0 Å². The van der Waals surface area contributed by atoms with E-state index in [4.69, 9.17) is 5.11 Å². The fourth-order valence-corrected chi connectivity index (χ4v) is 0.723. The van der Waals surface area contributed by atoms with Gasteiger partial charge in [-0.25, -0.2) is 4.79 Å². The zero-order chi connectivity index (χ0) is 9.14. The Morgan fingerprint density at radius 3 is 2.83 bits per heavy atom. The van der Waals surface area contributed by atoms with Gasteiger partial charge in [-0.05, 0) is 13.8 Å². The average Bonchev–Trinajstić information content (AvgIpc) is 2.28. The molecule has 1 atom stereocenters. The molecule has 1 rings (SSSR count). The summed E-state index contributed by atoms with van der Waals surface area (Å²) in [6.07, 6.45) is 0.692. The lowest BCUT2D eigenvalue weighted by atomic mass is 10.2. The predicted molar refractivity (Wildman–Crippen MR) is 42.1 cm³/mol. The van der Waals surface area contributed by atoms with Crippen LogP contribution in [0, 0.1) is 0 Å². The summed E-state index contributed by atoms with van der Waals surface area (Å²) in [5.41, 5.74) is 0.851. The summed E-state index contributed by atoms with van der Waals surface area (Å²) in [7, 11) is 0. The third-order valence-electron chi connectivity index (χ3n) is 1.34. The van der Waals surface area contributed by atoms with Crippen LogP contribution >= 0.6 is 0 Å². The quantitative estimate of drug-likeness (QED) is 0.340. The van der Waals surface area contributed by atoms with E-state index in [0.717, 1.165) is 0 Å². The fourth-order valence-electron chi connectivity index (χ4n) is 0.723. The summed E-state index contributed by atoms with van der Waals surface area (Å²) in [4.78, 5) is 15.2. The Hall–Kier alpha value is -1.36. The first-order chi connectivity index (χ1) is 5.61. The van der Waals surface area contributed by atoms with Crippen LogP contribution in [0.15, 0.2) is 16.9 Å². The van der Waals surface area contributed by atoms with E-state index in [1.54, 1.807) is 13.8 Å². The van der Waals surface area contributed by atoms with Crippen LogP contribution in [0.25, 0.3) is 0 Å². The minimum absolute atomic E-state index is 0.343. The Morgan fingerprint density at radius 2 is 2.42 bits per heavy atom. The number of rotatable bonds is 2. The number of carbonyl (C=O) groups is 1. The van der Waals surface area contributed by atoms with Gasteiger partial charge in [-0.3, -0.25) is 0 Å². The third kappa shape index (κ3) is 1.82. The number of oxime groups is 1. The number of carbonyl (C=O) groups excluding carboxylic acids is 1. The maximum atomic E-state index is 10.9. The third-order valence-corrected chi connectivity index (χ3v) is 1.34. The molecule has 0 saturated heterocycles. The molecule has 0 aliphatic carbocycles. The highest BCUT2D eigenvalue weighted by molar-refractivity contribution is 6.21. The predicted octanol–water partition coefficient (Wildman–Crippen LogP) is -0.269. The molecule has 0 fully saturated rings. The molecule has 0 aromatic carbocycles. The molecule has 0 spiro atoms. The van der Waals surface area contributed by atoms with Crippen LogP contribution in [0.1, 0.15) is 13.8 Å². The van der Waals surface area contributed by atoms with E-state index >= 15 is 0 Å². The lowest BCUT2D eigenvalue weighted by Crippen LogP contribution is -2.21. The van der Waals surface area contributed by atoms with Gasteiger partial charge >= 0.3 is 5.97 Å². The van der Waals surface area contributed by atoms with Gasteiger partial charge in [0.05, 0.1) is 5.71 Å². The highest BCUT2D eigenvalue weighted by Crippen LogP contribution is 2.08. The van der Waals surface area contributed by atoms with Gasteiger partial charge in [-0.1, -0.05) is 5.16 Å². The van der Waals surface area contributed by atoms with Gasteiger partial charge in [-0.2, -0.15) is 0 Å². The Kier molecular flexibility index (Phi) is 2.44. The van der Waals surface area contributed by atoms with Crippen molar-refractivity contribution in [1.82, 2.24) is 5.32 Å². The molecule has 1 aliphatic rings. The van der Waals surface area contributed by atoms with E-state index in [0.29, 0.717) is 11.3 Å². The van der Waals surface area contributed by atoms with Crippen LogP contribution in [-0.4, -0.2) is 23.0 Å². The number of nitrogens with zero attached hydrogens (tertiary/aromatic N) is 1. The molecule has 1 heterocycles. The average molecular weight is 170 g/mol. The number of nitrogens with one attached hydrogen (secondary N) is 1. The van der Waals surface area contributed by atoms with Gasteiger partial charge in [0.25, 0.3) is 0 Å². The summed E-state index contributed by atoms with van der Waals surface area (Å²) in [5.74, 6) is -0.499. The van der Waals surface area contributed by atoms with Gasteiger partial charge < -0.3 is 15.3 Å². The molecule has 1 aliphatic heterocycles. The second-order valence-electron chi connectivity index (χ2n) is 2.46. The van der Waals surface area contributed by atoms with Crippen molar-refractivity contribution in [2.75, 3.05) is 0 Å². The molecule has 0 aromatic rings. The Bertz CT molecular complexity index is 255. The summed E-state index contributed by atoms with van der Waals surface area (Å²) in [5, 5.41) is 14.9. The molecular weight excluding hydrogens is 160 g/mol. The molecule has 5 heteroatoms. The maximum Gasteiger partial charge on any atom is 0.369 e. The van der Waals surface area contributed by atoms with Gasteiger partial charge in [0.1, 0.15) is 11.8 Å². The van der Waals surface area contributed by atoms with Gasteiger partial charge in [0.2, 0.25) is 0 Å². The zero-order valence-electron chi connectivity index (χ0n) is 6.87. The van der Waals surface area contributed by atoms with Crippen LogP contribution in [0.4, 0.5) is 0 Å². The summed E-state index contributed by atoms with van der Waals surface area (Å²) < 4.78 is 0. The van der Waals surface area contributed by atoms with E-state index in [-0.39, 0.29) is 0 Å². The van der Waals surface area contributed by atoms with Crippen LogP contribution in [0.5, 0.6) is 0 Å². The van der Waals surface area contributed by atoms with Crippen molar-refractivity contribution < 1.29 is 14.7 Å². The lowest BCUT2D eigenvalue weighted by molar-refractivity contribution is -0.136. The lowest BCUT2D eigenvalue weighted by Gasteiger charge is -2.02. The largest absolute Gasteiger partial charge is 0.374 e. The van der Waals surface area contributed by atoms with Crippen molar-refractivity contribution in [2.45, 2.75) is 20.1 Å². The first-order valence-electron chi connectivity index (χ1n) is 3.52. The van der Waals surface area contributed by atoms with E-state index in [1.165, 1.54) is 6.20 Å². The molecule has 0 radical (unpaired) electrons. The number of hydrogen-bond donors (Lipinski definition) is 2. The molecule has 5 nitrogen and oxygen atoms in total. The Labute approximate surface area is 69.7 Å². The van der Waals surface area contributed by atoms with Crippen LogP contribution in [0.3, 0.4) is 0 Å². The van der Waals surface area contributed by atoms with E-state index < -0.39 is 12.2 Å². The SMILES string of the molecule is CC1=NOC(=O)C1=CNC(C)O. The number of hydrogen-bond acceptors (Lipinski definition) is 5. The fraction of sp³-hybridized carbons (Fsp3) is 0.429. The summed E-state index contributed by atoms with van der Waals surface area (Å²) in [6, 6.07) is 0. The molecule has 66 valence electrons. The normalized spacial score (nSPS) is 22.1. The molecule has 1 unspecified atom stereocenters. The molecule has 2 N–H and O–H groups in total. The second-order valence-corrected chi connectivity index (χ2v) is 2.46. The van der Waals surface area contributed by atoms with Gasteiger partial charge in [0, 0.05) is 6.20 Å². The first kappa shape index (κ1) is 8.73. The molecule has 12 heavy (non-hydrogen) atoms. The second kappa shape index (κ2) is 3.36. The van der Waals surface area contributed by atoms with Crippen molar-refractivity contribution >= 4 is 11.7 Å². The first-order valence-corrected chi connectivity index (χ1v) is 3.52. The van der Waals surface area contributed by atoms with E-state index in [1.807, 2.05) is 0 Å². The minimum Gasteiger partial charge on any atom is -0.374 e. The molecular formula is C7H10N2O3. The van der Waals surface area contributed by atoms with Crippen LogP contribution in [0.2, 0.25) is 0 Å². The maximum absolute atomic E-state index is 10.9. The standard InChI is InChI=1S/C7H10N2O3/c1-4-6(3-8-5(2)10)7(11)12-9-4/h3,5,8,10H,1-2H3. The Morgan fingerprint density at radius 1 is 1.75 bits per heavy atom. The Balaban J connectivity index is 2.67. The topological polar surface area (TPSA) is 70.9 Å². The monoisotopic (exact) mass is 170 g/mol. The molecule has 0 amide bonds. The van der Waals surface area contributed by atoms with Crippen LogP contribution in [-0.2, 0) is 9.63 Å². The molecule has 0 saturated carbocycles. The molecule has 0 bridgehead atoms. The van der Waals surface area contributed by atoms with Crippen molar-refractivity contribution in [2.24, 2.45) is 5.16 Å². The smallest absolute Gasteiger partial charge is 0.369 e. The van der Waals surface area contributed by atoms with Crippen molar-refractivity contribution in [3.63, 3.8) is 0 Å². The van der Waals surface area contributed by atoms with Crippen LogP contribution < -0.4 is 5.32 Å². The zero-order valence-corrected chi connectivity index (χ0v) is 6.87. The number of aliphatic hydroxyl groups is 1.